The fourth-order valence-corrected chi connectivity index (χ4v) is 2.99. The van der Waals surface area contributed by atoms with Gasteiger partial charge in [-0.05, 0) is 23.1 Å². The molecule has 0 spiro atoms. The Morgan fingerprint density at radius 1 is 1.19 bits per heavy atom. The van der Waals surface area contributed by atoms with Gasteiger partial charge in [-0.1, -0.05) is 32.9 Å². The van der Waals surface area contributed by atoms with E-state index in [2.05, 4.69) is 35.5 Å². The highest BCUT2D eigenvalue weighted by Crippen LogP contribution is 2.23. The lowest BCUT2D eigenvalue weighted by Gasteiger charge is -2.19. The Balaban J connectivity index is 2.02. The highest BCUT2D eigenvalue weighted by Gasteiger charge is 2.17. The molecule has 5 nitrogen and oxygen atoms in total. The summed E-state index contributed by atoms with van der Waals surface area (Å²) in [7, 11) is -3.46. The van der Waals surface area contributed by atoms with Crippen molar-refractivity contribution in [1.82, 2.24) is 14.7 Å². The van der Waals surface area contributed by atoms with Gasteiger partial charge in [-0.2, -0.15) is 0 Å². The fourth-order valence-electron chi connectivity index (χ4n) is 1.96. The summed E-state index contributed by atoms with van der Waals surface area (Å²) in [4.78, 5) is 7.13. The molecule has 1 aromatic carbocycles. The number of hydrogen-bond donors (Lipinski definition) is 2. The standard InChI is InChI=1S/C15H21N3O2S/c1-15(2,3)12-4-6-14(7-5-12)21(19,20)18-9-8-13-10-16-11-17-13/h4-7,10-11,18H,8-9H2,1-3H3,(H,16,17). The molecule has 21 heavy (non-hydrogen) atoms. The number of hydrogen-bond acceptors (Lipinski definition) is 3. The molecule has 2 rings (SSSR count). The number of nitrogens with one attached hydrogen (secondary N) is 2. The summed E-state index contributed by atoms with van der Waals surface area (Å²) >= 11 is 0. The lowest BCUT2D eigenvalue weighted by molar-refractivity contribution is 0.578. The maximum atomic E-state index is 12.2. The first kappa shape index (κ1) is 15.7. The van der Waals surface area contributed by atoms with Crippen molar-refractivity contribution in [3.05, 3.63) is 48.0 Å². The van der Waals surface area contributed by atoms with E-state index in [0.29, 0.717) is 17.9 Å². The van der Waals surface area contributed by atoms with Crippen molar-refractivity contribution in [3.8, 4) is 0 Å². The van der Waals surface area contributed by atoms with Crippen LogP contribution in [0.5, 0.6) is 0 Å². The summed E-state index contributed by atoms with van der Waals surface area (Å²) in [5, 5.41) is 0. The van der Waals surface area contributed by atoms with Crippen LogP contribution in [0.3, 0.4) is 0 Å². The minimum atomic E-state index is -3.46. The van der Waals surface area contributed by atoms with Gasteiger partial charge in [-0.3, -0.25) is 0 Å². The van der Waals surface area contributed by atoms with Crippen LogP contribution < -0.4 is 4.72 Å². The van der Waals surface area contributed by atoms with E-state index in [4.69, 9.17) is 0 Å². The largest absolute Gasteiger partial charge is 0.348 e. The van der Waals surface area contributed by atoms with Crippen molar-refractivity contribution in [2.45, 2.75) is 37.5 Å². The zero-order valence-electron chi connectivity index (χ0n) is 12.6. The van der Waals surface area contributed by atoms with Crippen molar-refractivity contribution in [2.24, 2.45) is 0 Å². The predicted octanol–water partition coefficient (Wildman–Crippen LogP) is 2.23. The molecule has 0 aliphatic heterocycles. The molecule has 6 heteroatoms. The van der Waals surface area contributed by atoms with Crippen LogP contribution >= 0.6 is 0 Å². The van der Waals surface area contributed by atoms with Crippen molar-refractivity contribution in [2.75, 3.05) is 6.54 Å². The first-order valence-electron chi connectivity index (χ1n) is 6.86. The van der Waals surface area contributed by atoms with Gasteiger partial charge in [0.25, 0.3) is 0 Å². The van der Waals surface area contributed by atoms with E-state index in [9.17, 15) is 8.42 Å². The average Bonchev–Trinajstić information content (AvgIpc) is 2.91. The molecule has 0 aliphatic rings. The quantitative estimate of drug-likeness (QED) is 0.889. The third-order valence-electron chi connectivity index (χ3n) is 3.27. The molecule has 0 aliphatic carbocycles. The average molecular weight is 307 g/mol. The van der Waals surface area contributed by atoms with E-state index in [1.807, 2.05) is 12.1 Å². The summed E-state index contributed by atoms with van der Waals surface area (Å²) in [6, 6.07) is 7.03. The number of nitrogens with zero attached hydrogens (tertiary/aromatic N) is 1. The van der Waals surface area contributed by atoms with Crippen LogP contribution in [0.25, 0.3) is 0 Å². The lowest BCUT2D eigenvalue weighted by atomic mass is 9.87. The van der Waals surface area contributed by atoms with E-state index in [0.717, 1.165) is 11.3 Å². The third kappa shape index (κ3) is 4.15. The molecule has 1 aromatic heterocycles. The number of aromatic amines is 1. The topological polar surface area (TPSA) is 74.8 Å². The molecule has 0 fully saturated rings. The second-order valence-corrected chi connectivity index (χ2v) is 7.77. The Morgan fingerprint density at radius 3 is 2.38 bits per heavy atom. The molecule has 0 atom stereocenters. The summed E-state index contributed by atoms with van der Waals surface area (Å²) < 4.78 is 27.0. The van der Waals surface area contributed by atoms with Crippen molar-refractivity contribution in [3.63, 3.8) is 0 Å². The van der Waals surface area contributed by atoms with Crippen LogP contribution in [0, 0.1) is 0 Å². The normalized spacial score (nSPS) is 12.5. The van der Waals surface area contributed by atoms with Crippen molar-refractivity contribution in [1.29, 1.82) is 0 Å². The van der Waals surface area contributed by atoms with Gasteiger partial charge in [0, 0.05) is 24.9 Å². The number of sulfonamides is 1. The number of benzene rings is 1. The molecule has 0 unspecified atom stereocenters. The van der Waals surface area contributed by atoms with Crippen LogP contribution in [0.4, 0.5) is 0 Å². The van der Waals surface area contributed by atoms with E-state index >= 15 is 0 Å². The first-order chi connectivity index (χ1) is 9.79. The van der Waals surface area contributed by atoms with Crippen molar-refractivity contribution < 1.29 is 8.42 Å². The lowest BCUT2D eigenvalue weighted by Crippen LogP contribution is -2.26. The van der Waals surface area contributed by atoms with Gasteiger partial charge in [0.2, 0.25) is 10.0 Å². The zero-order chi connectivity index (χ0) is 15.5. The zero-order valence-corrected chi connectivity index (χ0v) is 13.4. The smallest absolute Gasteiger partial charge is 0.240 e. The highest BCUT2D eigenvalue weighted by molar-refractivity contribution is 7.89. The van der Waals surface area contributed by atoms with Crippen LogP contribution in [0.1, 0.15) is 32.0 Å². The molecule has 1 heterocycles. The van der Waals surface area contributed by atoms with Crippen LogP contribution in [-0.2, 0) is 21.9 Å². The molecule has 2 N–H and O–H groups in total. The van der Waals surface area contributed by atoms with Gasteiger partial charge in [-0.25, -0.2) is 18.1 Å². The first-order valence-corrected chi connectivity index (χ1v) is 8.35. The summed E-state index contributed by atoms with van der Waals surface area (Å²) in [6.07, 6.45) is 3.85. The maximum absolute atomic E-state index is 12.2. The third-order valence-corrected chi connectivity index (χ3v) is 4.75. The van der Waals surface area contributed by atoms with Gasteiger partial charge in [0.1, 0.15) is 0 Å². The molecule has 0 saturated carbocycles. The van der Waals surface area contributed by atoms with Crippen LogP contribution in [0.15, 0.2) is 41.7 Å². The summed E-state index contributed by atoms with van der Waals surface area (Å²) in [6.45, 7) is 6.63. The summed E-state index contributed by atoms with van der Waals surface area (Å²) in [5.41, 5.74) is 2.02. The number of imidazole rings is 1. The molecule has 0 bridgehead atoms. The Bertz CT molecular complexity index is 669. The second-order valence-electron chi connectivity index (χ2n) is 6.00. The van der Waals surface area contributed by atoms with Gasteiger partial charge in [-0.15, -0.1) is 0 Å². The van der Waals surface area contributed by atoms with Gasteiger partial charge < -0.3 is 4.98 Å². The minimum absolute atomic E-state index is 0.0103. The SMILES string of the molecule is CC(C)(C)c1ccc(S(=O)(=O)NCCc2cnc[nH]2)cc1. The number of rotatable bonds is 5. The number of H-pyrrole nitrogens is 1. The molecule has 0 saturated heterocycles. The Hall–Kier alpha value is -1.66. The summed E-state index contributed by atoms with van der Waals surface area (Å²) in [5.74, 6) is 0. The van der Waals surface area contributed by atoms with Crippen LogP contribution in [0.2, 0.25) is 0 Å². The van der Waals surface area contributed by atoms with E-state index in [-0.39, 0.29) is 5.41 Å². The molecule has 2 aromatic rings. The minimum Gasteiger partial charge on any atom is -0.348 e. The van der Waals surface area contributed by atoms with E-state index in [1.54, 1.807) is 24.7 Å². The molecular weight excluding hydrogens is 286 g/mol. The van der Waals surface area contributed by atoms with E-state index in [1.165, 1.54) is 0 Å². The highest BCUT2D eigenvalue weighted by atomic mass is 32.2. The molecular formula is C15H21N3O2S. The molecule has 0 amide bonds. The van der Waals surface area contributed by atoms with Crippen molar-refractivity contribution >= 4 is 10.0 Å². The molecule has 114 valence electrons. The maximum Gasteiger partial charge on any atom is 0.240 e. The van der Waals surface area contributed by atoms with Gasteiger partial charge in [0.05, 0.1) is 11.2 Å². The Kier molecular flexibility index (Phi) is 4.49. The van der Waals surface area contributed by atoms with Gasteiger partial charge in [0.15, 0.2) is 0 Å². The van der Waals surface area contributed by atoms with Gasteiger partial charge >= 0.3 is 0 Å². The Labute approximate surface area is 125 Å². The fraction of sp³-hybridized carbons (Fsp3) is 0.400. The Morgan fingerprint density at radius 2 is 1.86 bits per heavy atom. The molecule has 0 radical (unpaired) electrons. The number of aromatic nitrogens is 2. The van der Waals surface area contributed by atoms with Crippen LogP contribution in [-0.4, -0.2) is 24.9 Å². The second kappa shape index (κ2) is 5.99. The monoisotopic (exact) mass is 307 g/mol. The predicted molar refractivity (Wildman–Crippen MR) is 82.6 cm³/mol. The van der Waals surface area contributed by atoms with E-state index < -0.39 is 10.0 Å².